The van der Waals surface area contributed by atoms with Crippen LogP contribution in [0.25, 0.3) is 21.9 Å². The summed E-state index contributed by atoms with van der Waals surface area (Å²) in [5.74, 6) is 1.79. The van der Waals surface area contributed by atoms with Crippen molar-refractivity contribution in [3.63, 3.8) is 0 Å². The predicted octanol–water partition coefficient (Wildman–Crippen LogP) is 3.60. The van der Waals surface area contributed by atoms with Gasteiger partial charge >= 0.3 is 5.97 Å². The molecule has 7 rings (SSSR count). The van der Waals surface area contributed by atoms with E-state index in [2.05, 4.69) is 33.4 Å². The molecule has 4 aliphatic rings. The molecule has 0 amide bonds. The standard InChI is InChI=1S/C24H28ClFN6O2/c1-30(2)14-10-31(11-14)24-20-22(15-9-27-23(25)18(26)19(15)29-24)32(21-12-4-5-13(21)8-12)16(28-20)6-7-17(33)34-3/h9,12-14,21H,4-8,10-11H2,1-3H3. The summed E-state index contributed by atoms with van der Waals surface area (Å²) in [5, 5.41) is 0.439. The third-order valence-corrected chi connectivity index (χ3v) is 8.33. The van der Waals surface area contributed by atoms with Gasteiger partial charge in [-0.3, -0.25) is 4.79 Å². The lowest BCUT2D eigenvalue weighted by Crippen LogP contribution is -2.57. The van der Waals surface area contributed by atoms with Gasteiger partial charge in [0.15, 0.2) is 16.8 Å². The number of esters is 1. The summed E-state index contributed by atoms with van der Waals surface area (Å²) in [7, 11) is 5.52. The summed E-state index contributed by atoms with van der Waals surface area (Å²) in [6.07, 6.45) is 5.91. The fourth-order valence-corrected chi connectivity index (χ4v) is 6.20. The summed E-state index contributed by atoms with van der Waals surface area (Å²) in [5.41, 5.74) is 1.83. The monoisotopic (exact) mass is 486 g/mol. The molecule has 0 spiro atoms. The number of anilines is 1. The van der Waals surface area contributed by atoms with Gasteiger partial charge in [0.2, 0.25) is 0 Å². The summed E-state index contributed by atoms with van der Waals surface area (Å²) >= 11 is 6.07. The van der Waals surface area contributed by atoms with E-state index in [-0.39, 0.29) is 23.1 Å². The third-order valence-electron chi connectivity index (χ3n) is 8.07. The number of nitrogens with zero attached hydrogens (tertiary/aromatic N) is 6. The van der Waals surface area contributed by atoms with Gasteiger partial charge in [-0.25, -0.2) is 19.3 Å². The van der Waals surface area contributed by atoms with Crippen LogP contribution in [-0.4, -0.2) is 70.7 Å². The molecule has 3 aromatic rings. The molecule has 180 valence electrons. The lowest BCUT2D eigenvalue weighted by molar-refractivity contribution is -0.140. The van der Waals surface area contributed by atoms with Gasteiger partial charge in [-0.15, -0.1) is 0 Å². The zero-order valence-corrected chi connectivity index (χ0v) is 20.3. The van der Waals surface area contributed by atoms with Gasteiger partial charge in [0.25, 0.3) is 0 Å². The number of aryl methyl sites for hydroxylation is 1. The average Bonchev–Trinajstić information content (AvgIpc) is 3.49. The van der Waals surface area contributed by atoms with Crippen molar-refractivity contribution in [2.75, 3.05) is 39.2 Å². The van der Waals surface area contributed by atoms with Crippen molar-refractivity contribution in [1.29, 1.82) is 0 Å². The SMILES string of the molecule is COC(=O)CCc1nc2c(N3CC(N(C)C)C3)nc3c(F)c(Cl)ncc3c2n1C1C2CCC1C2. The number of hydrogen-bond acceptors (Lipinski definition) is 7. The second-order valence-corrected chi connectivity index (χ2v) is 10.4. The molecule has 0 aromatic carbocycles. The highest BCUT2D eigenvalue weighted by Crippen LogP contribution is 2.58. The zero-order chi connectivity index (χ0) is 23.7. The minimum atomic E-state index is -0.604. The number of methoxy groups -OCH3 is 1. The molecule has 2 atom stereocenters. The van der Waals surface area contributed by atoms with Crippen molar-refractivity contribution in [2.24, 2.45) is 11.8 Å². The molecule has 2 bridgehead atoms. The van der Waals surface area contributed by atoms with Gasteiger partial charge in [0.05, 0.1) is 19.0 Å². The predicted molar refractivity (Wildman–Crippen MR) is 128 cm³/mol. The quantitative estimate of drug-likeness (QED) is 0.389. The molecule has 3 aromatic heterocycles. The number of carbonyl (C=O) groups excluding carboxylic acids is 1. The van der Waals surface area contributed by atoms with Crippen LogP contribution in [0.4, 0.5) is 10.2 Å². The van der Waals surface area contributed by atoms with E-state index in [9.17, 15) is 4.79 Å². The highest BCUT2D eigenvalue weighted by atomic mass is 35.5. The molecule has 4 heterocycles. The number of carbonyl (C=O) groups is 1. The Bertz CT molecular complexity index is 1290. The minimum absolute atomic E-state index is 0.180. The number of aromatic nitrogens is 4. The Balaban J connectivity index is 1.58. The number of pyridine rings is 2. The number of ether oxygens (including phenoxy) is 1. The van der Waals surface area contributed by atoms with Crippen molar-refractivity contribution in [1.82, 2.24) is 24.4 Å². The lowest BCUT2D eigenvalue weighted by atomic mass is 9.78. The Labute approximate surface area is 202 Å². The van der Waals surface area contributed by atoms with E-state index in [0.29, 0.717) is 41.5 Å². The molecule has 0 radical (unpaired) electrons. The first kappa shape index (κ1) is 22.0. The zero-order valence-electron chi connectivity index (χ0n) is 19.6. The third kappa shape index (κ3) is 3.20. The molecule has 34 heavy (non-hydrogen) atoms. The maximum Gasteiger partial charge on any atom is 0.305 e. The summed E-state index contributed by atoms with van der Waals surface area (Å²) in [4.78, 5) is 30.2. The van der Waals surface area contributed by atoms with Crippen LogP contribution < -0.4 is 4.90 Å². The Kier molecular flexibility index (Phi) is 5.18. The van der Waals surface area contributed by atoms with Gasteiger partial charge in [-0.05, 0) is 45.2 Å². The fourth-order valence-electron chi connectivity index (χ4n) is 6.06. The van der Waals surface area contributed by atoms with E-state index in [1.54, 1.807) is 6.20 Å². The molecule has 3 aliphatic carbocycles. The van der Waals surface area contributed by atoms with Crippen molar-refractivity contribution in [3.05, 3.63) is 23.0 Å². The molecule has 10 heteroatoms. The molecule has 8 nitrogen and oxygen atoms in total. The second kappa shape index (κ2) is 8.02. The number of rotatable bonds is 6. The van der Waals surface area contributed by atoms with Crippen molar-refractivity contribution >= 4 is 45.3 Å². The van der Waals surface area contributed by atoms with Crippen LogP contribution in [0.1, 0.15) is 37.5 Å². The molecule has 0 N–H and O–H groups in total. The number of imidazole rings is 1. The molecular weight excluding hydrogens is 459 g/mol. The molecule has 3 saturated carbocycles. The number of halogens is 2. The van der Waals surface area contributed by atoms with Gasteiger partial charge in [0.1, 0.15) is 16.9 Å². The van der Waals surface area contributed by atoms with Gasteiger partial charge in [-0.2, -0.15) is 0 Å². The van der Waals surface area contributed by atoms with E-state index in [1.807, 2.05) is 0 Å². The normalized spacial score (nSPS) is 24.2. The first-order valence-corrected chi connectivity index (χ1v) is 12.3. The molecular formula is C24H28ClFN6O2. The van der Waals surface area contributed by atoms with E-state index in [4.69, 9.17) is 26.3 Å². The van der Waals surface area contributed by atoms with Crippen LogP contribution in [0.5, 0.6) is 0 Å². The maximum atomic E-state index is 15.2. The first-order chi connectivity index (χ1) is 16.4. The summed E-state index contributed by atoms with van der Waals surface area (Å²) in [6, 6.07) is 0.711. The lowest BCUT2D eigenvalue weighted by Gasteiger charge is -2.43. The molecule has 1 aliphatic heterocycles. The summed E-state index contributed by atoms with van der Waals surface area (Å²) in [6.45, 7) is 1.58. The van der Waals surface area contributed by atoms with Gasteiger partial charge in [-0.1, -0.05) is 11.6 Å². The number of likely N-dealkylation sites (N-methyl/N-ethyl adjacent to an activating group) is 1. The topological polar surface area (TPSA) is 76.4 Å². The number of fused-ring (bicyclic) bond motifs is 4. The fraction of sp³-hybridized carbons (Fsp3) is 0.583. The van der Waals surface area contributed by atoms with Crippen LogP contribution in [0, 0.1) is 17.7 Å². The van der Waals surface area contributed by atoms with Crippen molar-refractivity contribution in [2.45, 2.75) is 44.2 Å². The Morgan fingerprint density at radius 1 is 1.24 bits per heavy atom. The van der Waals surface area contributed by atoms with Crippen LogP contribution >= 0.6 is 11.6 Å². The average molecular weight is 487 g/mol. The Morgan fingerprint density at radius 3 is 2.62 bits per heavy atom. The summed E-state index contributed by atoms with van der Waals surface area (Å²) < 4.78 is 22.4. The van der Waals surface area contributed by atoms with Crippen LogP contribution in [0.3, 0.4) is 0 Å². The molecule has 2 unspecified atom stereocenters. The maximum absolute atomic E-state index is 15.2. The second-order valence-electron chi connectivity index (χ2n) is 10.1. The first-order valence-electron chi connectivity index (χ1n) is 11.9. The largest absolute Gasteiger partial charge is 0.469 e. The highest BCUT2D eigenvalue weighted by molar-refractivity contribution is 6.30. The van der Waals surface area contributed by atoms with E-state index < -0.39 is 5.82 Å². The van der Waals surface area contributed by atoms with Gasteiger partial charge < -0.3 is 19.1 Å². The molecule has 1 saturated heterocycles. The minimum Gasteiger partial charge on any atom is -0.469 e. The van der Waals surface area contributed by atoms with E-state index >= 15 is 4.39 Å². The number of hydrogen-bond donors (Lipinski definition) is 0. The van der Waals surface area contributed by atoms with Crippen LogP contribution in [0.15, 0.2) is 6.20 Å². The van der Waals surface area contributed by atoms with E-state index in [0.717, 1.165) is 29.9 Å². The highest BCUT2D eigenvalue weighted by Gasteiger charge is 2.49. The van der Waals surface area contributed by atoms with Gasteiger partial charge in [0, 0.05) is 43.2 Å². The Hall–Kier alpha value is -2.52. The van der Waals surface area contributed by atoms with Crippen LogP contribution in [-0.2, 0) is 16.0 Å². The van der Waals surface area contributed by atoms with Crippen molar-refractivity contribution < 1.29 is 13.9 Å². The molecule has 4 fully saturated rings. The van der Waals surface area contributed by atoms with E-state index in [1.165, 1.54) is 26.4 Å². The van der Waals surface area contributed by atoms with Crippen LogP contribution in [0.2, 0.25) is 5.15 Å². The Morgan fingerprint density at radius 2 is 1.97 bits per heavy atom. The smallest absolute Gasteiger partial charge is 0.305 e. The van der Waals surface area contributed by atoms with Crippen molar-refractivity contribution in [3.8, 4) is 0 Å².